The highest BCUT2D eigenvalue weighted by Crippen LogP contribution is 2.36. The maximum Gasteiger partial charge on any atom is 0.138 e. The van der Waals surface area contributed by atoms with Crippen molar-refractivity contribution in [1.29, 1.82) is 0 Å². The van der Waals surface area contributed by atoms with Gasteiger partial charge >= 0.3 is 0 Å². The van der Waals surface area contributed by atoms with Crippen LogP contribution in [-0.2, 0) is 6.42 Å². The van der Waals surface area contributed by atoms with Crippen LogP contribution in [0.15, 0.2) is 36.5 Å². The van der Waals surface area contributed by atoms with Crippen LogP contribution in [0.1, 0.15) is 24.2 Å². The van der Waals surface area contributed by atoms with Crippen LogP contribution >= 0.6 is 0 Å². The van der Waals surface area contributed by atoms with E-state index >= 15 is 0 Å². The van der Waals surface area contributed by atoms with E-state index in [9.17, 15) is 9.50 Å². The molecule has 1 unspecified atom stereocenters. The van der Waals surface area contributed by atoms with E-state index in [2.05, 4.69) is 4.98 Å². The van der Waals surface area contributed by atoms with Crippen molar-refractivity contribution in [3.05, 3.63) is 53.5 Å². The summed E-state index contributed by atoms with van der Waals surface area (Å²) in [5, 5.41) is 9.83. The molecule has 2 heterocycles. The molecule has 0 bridgehead atoms. The lowest BCUT2D eigenvalue weighted by Crippen LogP contribution is -2.17. The number of benzene rings is 1. The van der Waals surface area contributed by atoms with Gasteiger partial charge in [-0.2, -0.15) is 0 Å². The Kier molecular flexibility index (Phi) is 2.95. The second-order valence-corrected chi connectivity index (χ2v) is 4.77. The minimum absolute atomic E-state index is 0.250. The van der Waals surface area contributed by atoms with Crippen LogP contribution in [-0.4, -0.2) is 16.6 Å². The molecule has 1 aromatic heterocycles. The van der Waals surface area contributed by atoms with Gasteiger partial charge in [-0.25, -0.2) is 9.37 Å². The van der Waals surface area contributed by atoms with E-state index in [4.69, 9.17) is 0 Å². The Bertz CT molecular complexity index is 613. The Labute approximate surface area is 111 Å². The first-order valence-corrected chi connectivity index (χ1v) is 6.36. The van der Waals surface area contributed by atoms with Gasteiger partial charge < -0.3 is 10.0 Å². The molecule has 3 nitrogen and oxygen atoms in total. The number of rotatable bonds is 2. The Morgan fingerprint density at radius 1 is 1.37 bits per heavy atom. The number of anilines is 2. The fraction of sp³-hybridized carbons (Fsp3) is 0.267. The van der Waals surface area contributed by atoms with Gasteiger partial charge in [0.05, 0.1) is 6.10 Å². The highest BCUT2D eigenvalue weighted by molar-refractivity contribution is 5.69. The molecule has 0 amide bonds. The van der Waals surface area contributed by atoms with Crippen molar-refractivity contribution in [2.75, 3.05) is 11.4 Å². The van der Waals surface area contributed by atoms with Crippen LogP contribution in [0.4, 0.5) is 15.9 Å². The number of aromatic nitrogens is 1. The van der Waals surface area contributed by atoms with E-state index in [-0.39, 0.29) is 5.82 Å². The van der Waals surface area contributed by atoms with Gasteiger partial charge in [0, 0.05) is 24.0 Å². The molecule has 0 aliphatic carbocycles. The molecular formula is C15H15FN2O. The molecule has 1 atom stereocenters. The Morgan fingerprint density at radius 2 is 2.21 bits per heavy atom. The van der Waals surface area contributed by atoms with Crippen molar-refractivity contribution in [3.8, 4) is 0 Å². The minimum atomic E-state index is -0.596. The summed E-state index contributed by atoms with van der Waals surface area (Å²) >= 11 is 0. The molecule has 0 saturated heterocycles. The van der Waals surface area contributed by atoms with Crippen molar-refractivity contribution in [2.24, 2.45) is 0 Å². The van der Waals surface area contributed by atoms with Crippen molar-refractivity contribution >= 4 is 11.5 Å². The lowest BCUT2D eigenvalue weighted by Gasteiger charge is -2.22. The average molecular weight is 258 g/mol. The maximum atomic E-state index is 13.4. The molecule has 98 valence electrons. The highest BCUT2D eigenvalue weighted by Gasteiger charge is 2.24. The minimum Gasteiger partial charge on any atom is -0.389 e. The summed E-state index contributed by atoms with van der Waals surface area (Å²) < 4.78 is 13.4. The SMILES string of the molecule is CC(O)c1cccnc1N1CCc2ccc(F)cc21. The first-order chi connectivity index (χ1) is 9.16. The molecule has 1 N–H and O–H groups in total. The van der Waals surface area contributed by atoms with E-state index < -0.39 is 6.10 Å². The topological polar surface area (TPSA) is 36.4 Å². The normalized spacial score (nSPS) is 15.4. The number of fused-ring (bicyclic) bond motifs is 1. The zero-order chi connectivity index (χ0) is 13.4. The van der Waals surface area contributed by atoms with Crippen molar-refractivity contribution in [3.63, 3.8) is 0 Å². The second-order valence-electron chi connectivity index (χ2n) is 4.77. The van der Waals surface area contributed by atoms with E-state index in [0.29, 0.717) is 5.82 Å². The number of pyridine rings is 1. The van der Waals surface area contributed by atoms with Crippen LogP contribution in [0.25, 0.3) is 0 Å². The van der Waals surface area contributed by atoms with Gasteiger partial charge in [0.25, 0.3) is 0 Å². The molecule has 1 aromatic carbocycles. The third kappa shape index (κ3) is 2.08. The highest BCUT2D eigenvalue weighted by atomic mass is 19.1. The maximum absolute atomic E-state index is 13.4. The third-order valence-electron chi connectivity index (χ3n) is 3.47. The lowest BCUT2D eigenvalue weighted by atomic mass is 10.1. The van der Waals surface area contributed by atoms with Crippen LogP contribution in [0.3, 0.4) is 0 Å². The molecule has 2 aromatic rings. The molecular weight excluding hydrogens is 243 g/mol. The van der Waals surface area contributed by atoms with E-state index in [1.54, 1.807) is 19.2 Å². The number of hydrogen-bond acceptors (Lipinski definition) is 3. The largest absolute Gasteiger partial charge is 0.389 e. The van der Waals surface area contributed by atoms with Gasteiger partial charge in [-0.1, -0.05) is 12.1 Å². The standard InChI is InChI=1S/C15H15FN2O/c1-10(19)13-3-2-7-17-15(13)18-8-6-11-4-5-12(16)9-14(11)18/h2-5,7,9-10,19H,6,8H2,1H3. The molecule has 0 fully saturated rings. The number of nitrogens with zero attached hydrogens (tertiary/aromatic N) is 2. The van der Waals surface area contributed by atoms with Crippen molar-refractivity contribution in [1.82, 2.24) is 4.98 Å². The predicted octanol–water partition coefficient (Wildman–Crippen LogP) is 2.97. The molecule has 1 aliphatic rings. The summed E-state index contributed by atoms with van der Waals surface area (Å²) in [6, 6.07) is 8.48. The predicted molar refractivity (Wildman–Crippen MR) is 72.0 cm³/mol. The number of hydrogen-bond donors (Lipinski definition) is 1. The van der Waals surface area contributed by atoms with Crippen LogP contribution in [0.2, 0.25) is 0 Å². The van der Waals surface area contributed by atoms with E-state index in [0.717, 1.165) is 29.8 Å². The zero-order valence-electron chi connectivity index (χ0n) is 10.7. The third-order valence-corrected chi connectivity index (χ3v) is 3.47. The summed E-state index contributed by atoms with van der Waals surface area (Å²) in [5.41, 5.74) is 2.73. The van der Waals surface area contributed by atoms with Crippen molar-refractivity contribution < 1.29 is 9.50 Å². The zero-order valence-corrected chi connectivity index (χ0v) is 10.7. The van der Waals surface area contributed by atoms with Gasteiger partial charge in [-0.3, -0.25) is 0 Å². The summed E-state index contributed by atoms with van der Waals surface area (Å²) in [4.78, 5) is 6.33. The lowest BCUT2D eigenvalue weighted by molar-refractivity contribution is 0.199. The fourth-order valence-electron chi connectivity index (χ4n) is 2.53. The average Bonchev–Trinajstić information content (AvgIpc) is 2.81. The summed E-state index contributed by atoms with van der Waals surface area (Å²) in [5.74, 6) is 0.460. The Hall–Kier alpha value is -1.94. The molecule has 0 saturated carbocycles. The van der Waals surface area contributed by atoms with Gasteiger partial charge in [0.2, 0.25) is 0 Å². The van der Waals surface area contributed by atoms with E-state index in [1.165, 1.54) is 12.1 Å². The molecule has 4 heteroatoms. The molecule has 1 aliphatic heterocycles. The van der Waals surface area contributed by atoms with Crippen LogP contribution < -0.4 is 4.90 Å². The van der Waals surface area contributed by atoms with Gasteiger partial charge in [0.1, 0.15) is 11.6 Å². The molecule has 3 rings (SSSR count). The first kappa shape index (κ1) is 12.1. The molecule has 19 heavy (non-hydrogen) atoms. The summed E-state index contributed by atoms with van der Waals surface area (Å²) in [6.45, 7) is 2.47. The Morgan fingerprint density at radius 3 is 3.00 bits per heavy atom. The molecule has 0 spiro atoms. The summed E-state index contributed by atoms with van der Waals surface area (Å²) in [7, 11) is 0. The van der Waals surface area contributed by atoms with Crippen LogP contribution in [0.5, 0.6) is 0 Å². The van der Waals surface area contributed by atoms with Crippen LogP contribution in [0, 0.1) is 5.82 Å². The smallest absolute Gasteiger partial charge is 0.138 e. The number of halogens is 1. The summed E-state index contributed by atoms with van der Waals surface area (Å²) in [6.07, 6.45) is 1.96. The van der Waals surface area contributed by atoms with Crippen molar-refractivity contribution in [2.45, 2.75) is 19.4 Å². The van der Waals surface area contributed by atoms with Gasteiger partial charge in [-0.05, 0) is 37.1 Å². The molecule has 0 radical (unpaired) electrons. The van der Waals surface area contributed by atoms with E-state index in [1.807, 2.05) is 17.0 Å². The quantitative estimate of drug-likeness (QED) is 0.899. The number of aliphatic hydroxyl groups is 1. The number of aliphatic hydroxyl groups excluding tert-OH is 1. The van der Waals surface area contributed by atoms with Gasteiger partial charge in [0.15, 0.2) is 0 Å². The Balaban J connectivity index is 2.09. The first-order valence-electron chi connectivity index (χ1n) is 6.36. The second kappa shape index (κ2) is 4.63. The monoisotopic (exact) mass is 258 g/mol. The van der Waals surface area contributed by atoms with Gasteiger partial charge in [-0.15, -0.1) is 0 Å². The fourth-order valence-corrected chi connectivity index (χ4v) is 2.53.